The Labute approximate surface area is 153 Å². The fraction of sp³-hybridized carbons (Fsp3) is 0.286. The average Bonchev–Trinajstić information content (AvgIpc) is 3.14. The molecule has 5 heteroatoms. The first-order chi connectivity index (χ1) is 12.5. The van der Waals surface area contributed by atoms with E-state index in [0.29, 0.717) is 6.54 Å². The molecule has 26 heavy (non-hydrogen) atoms. The summed E-state index contributed by atoms with van der Waals surface area (Å²) in [7, 11) is 0. The third kappa shape index (κ3) is 4.17. The highest BCUT2D eigenvalue weighted by Crippen LogP contribution is 2.19. The number of rotatable bonds is 5. The van der Waals surface area contributed by atoms with Crippen molar-refractivity contribution in [3.05, 3.63) is 65.2 Å². The minimum absolute atomic E-state index is 0.118. The molecule has 1 aliphatic heterocycles. The molecule has 0 saturated carbocycles. The van der Waals surface area contributed by atoms with Gasteiger partial charge in [0.2, 0.25) is 11.8 Å². The lowest BCUT2D eigenvalue weighted by molar-refractivity contribution is -0.132. The Hall–Kier alpha value is -2.95. The lowest BCUT2D eigenvalue weighted by Gasteiger charge is -2.12. The molecule has 0 atom stereocenters. The Morgan fingerprint density at radius 3 is 2.58 bits per heavy atom. The number of carbonyl (C=O) groups is 2. The number of carbonyl (C=O) groups excluding carboxylic acids is 2. The fourth-order valence-electron chi connectivity index (χ4n) is 2.92. The molecule has 1 heterocycles. The van der Waals surface area contributed by atoms with Crippen LogP contribution in [0.5, 0.6) is 0 Å². The standard InChI is InChI=1S/C21H23N3O2/c1-15-7-6-10-18(16(15)2)22-20(25)11-12-21(26)24-14-13-19(23-24)17-8-4-3-5-9-17/h3-10H,11-14H2,1-2H3,(H,22,25). The monoisotopic (exact) mass is 349 g/mol. The molecule has 0 fully saturated rings. The molecule has 0 unspecified atom stereocenters. The molecule has 0 bridgehead atoms. The molecule has 2 aromatic rings. The summed E-state index contributed by atoms with van der Waals surface area (Å²) in [5.41, 5.74) is 4.92. The summed E-state index contributed by atoms with van der Waals surface area (Å²) in [5, 5.41) is 8.78. The molecule has 0 spiro atoms. The first kappa shape index (κ1) is 17.9. The van der Waals surface area contributed by atoms with Gasteiger partial charge in [-0.1, -0.05) is 42.5 Å². The molecular weight excluding hydrogens is 326 g/mol. The van der Waals surface area contributed by atoms with Gasteiger partial charge < -0.3 is 5.32 Å². The molecule has 134 valence electrons. The minimum atomic E-state index is -0.154. The van der Waals surface area contributed by atoms with Gasteiger partial charge in [-0.3, -0.25) is 9.59 Å². The van der Waals surface area contributed by atoms with Crippen LogP contribution < -0.4 is 5.32 Å². The Balaban J connectivity index is 1.53. The molecule has 0 radical (unpaired) electrons. The molecule has 3 rings (SSSR count). The van der Waals surface area contributed by atoms with E-state index in [1.54, 1.807) is 0 Å². The number of amides is 2. The van der Waals surface area contributed by atoms with Crippen LogP contribution in [-0.2, 0) is 9.59 Å². The quantitative estimate of drug-likeness (QED) is 0.895. The maximum atomic E-state index is 12.3. The van der Waals surface area contributed by atoms with Crippen LogP contribution in [0.25, 0.3) is 0 Å². The van der Waals surface area contributed by atoms with Gasteiger partial charge in [-0.2, -0.15) is 5.10 Å². The van der Waals surface area contributed by atoms with Crippen LogP contribution in [0, 0.1) is 13.8 Å². The lowest BCUT2D eigenvalue weighted by Crippen LogP contribution is -2.25. The second-order valence-corrected chi connectivity index (χ2v) is 6.48. The second-order valence-electron chi connectivity index (χ2n) is 6.48. The molecule has 2 aromatic carbocycles. The van der Waals surface area contributed by atoms with E-state index in [0.717, 1.165) is 34.5 Å². The maximum absolute atomic E-state index is 12.3. The summed E-state index contributed by atoms with van der Waals surface area (Å²) in [6, 6.07) is 15.6. The van der Waals surface area contributed by atoms with Crippen LogP contribution >= 0.6 is 0 Å². The number of aryl methyl sites for hydroxylation is 1. The summed E-state index contributed by atoms with van der Waals surface area (Å²) < 4.78 is 0. The molecule has 0 saturated heterocycles. The summed E-state index contributed by atoms with van der Waals surface area (Å²) in [5.74, 6) is -0.273. The van der Waals surface area contributed by atoms with Gasteiger partial charge in [0.25, 0.3) is 0 Å². The van der Waals surface area contributed by atoms with E-state index < -0.39 is 0 Å². The van der Waals surface area contributed by atoms with Crippen molar-refractivity contribution >= 4 is 23.2 Å². The number of hydrogen-bond acceptors (Lipinski definition) is 3. The van der Waals surface area contributed by atoms with E-state index in [2.05, 4.69) is 10.4 Å². The van der Waals surface area contributed by atoms with Crippen LogP contribution in [0.2, 0.25) is 0 Å². The molecule has 1 N–H and O–H groups in total. The third-order valence-electron chi connectivity index (χ3n) is 4.64. The van der Waals surface area contributed by atoms with E-state index in [1.165, 1.54) is 5.01 Å². The zero-order valence-electron chi connectivity index (χ0n) is 15.2. The van der Waals surface area contributed by atoms with Gasteiger partial charge in [-0.25, -0.2) is 5.01 Å². The summed E-state index contributed by atoms with van der Waals surface area (Å²) in [6.45, 7) is 4.55. The van der Waals surface area contributed by atoms with Gasteiger partial charge in [0, 0.05) is 24.9 Å². The van der Waals surface area contributed by atoms with Gasteiger partial charge in [-0.05, 0) is 36.6 Å². The Morgan fingerprint density at radius 1 is 1.04 bits per heavy atom. The van der Waals surface area contributed by atoms with Crippen molar-refractivity contribution in [2.45, 2.75) is 33.1 Å². The van der Waals surface area contributed by atoms with Crippen molar-refractivity contribution in [3.63, 3.8) is 0 Å². The van der Waals surface area contributed by atoms with E-state index in [-0.39, 0.29) is 24.7 Å². The highest BCUT2D eigenvalue weighted by molar-refractivity contribution is 6.02. The van der Waals surface area contributed by atoms with Crippen LogP contribution in [0.4, 0.5) is 5.69 Å². The predicted molar refractivity (Wildman–Crippen MR) is 103 cm³/mol. The van der Waals surface area contributed by atoms with Gasteiger partial charge >= 0.3 is 0 Å². The normalized spacial score (nSPS) is 13.5. The minimum Gasteiger partial charge on any atom is -0.326 e. The fourth-order valence-corrected chi connectivity index (χ4v) is 2.92. The SMILES string of the molecule is Cc1cccc(NC(=O)CCC(=O)N2CCC(c3ccccc3)=N2)c1C. The molecular formula is C21H23N3O2. The molecule has 2 amide bonds. The van der Waals surface area contributed by atoms with Crippen LogP contribution in [0.1, 0.15) is 36.0 Å². The first-order valence-corrected chi connectivity index (χ1v) is 8.84. The van der Waals surface area contributed by atoms with Gasteiger partial charge in [0.1, 0.15) is 0 Å². The van der Waals surface area contributed by atoms with Gasteiger partial charge in [-0.15, -0.1) is 0 Å². The van der Waals surface area contributed by atoms with Crippen molar-refractivity contribution in [3.8, 4) is 0 Å². The highest BCUT2D eigenvalue weighted by Gasteiger charge is 2.22. The Kier molecular flexibility index (Phi) is 5.46. The van der Waals surface area contributed by atoms with Crippen molar-refractivity contribution < 1.29 is 9.59 Å². The van der Waals surface area contributed by atoms with Gasteiger partial charge in [0.15, 0.2) is 0 Å². The number of anilines is 1. The van der Waals surface area contributed by atoms with Gasteiger partial charge in [0.05, 0.1) is 12.3 Å². The Morgan fingerprint density at radius 2 is 1.81 bits per heavy atom. The maximum Gasteiger partial charge on any atom is 0.243 e. The van der Waals surface area contributed by atoms with E-state index in [1.807, 2.05) is 62.4 Å². The summed E-state index contributed by atoms with van der Waals surface area (Å²) >= 11 is 0. The highest BCUT2D eigenvalue weighted by atomic mass is 16.2. The van der Waals surface area contributed by atoms with E-state index >= 15 is 0 Å². The van der Waals surface area contributed by atoms with E-state index in [9.17, 15) is 9.59 Å². The smallest absolute Gasteiger partial charge is 0.243 e. The summed E-state index contributed by atoms with van der Waals surface area (Å²) in [6.07, 6.45) is 1.05. The topological polar surface area (TPSA) is 61.8 Å². The predicted octanol–water partition coefficient (Wildman–Crippen LogP) is 3.66. The third-order valence-corrected chi connectivity index (χ3v) is 4.64. The lowest BCUT2D eigenvalue weighted by atomic mass is 10.1. The number of nitrogens with zero attached hydrogens (tertiary/aromatic N) is 2. The first-order valence-electron chi connectivity index (χ1n) is 8.84. The molecule has 1 aliphatic rings. The number of nitrogens with one attached hydrogen (secondary N) is 1. The average molecular weight is 349 g/mol. The van der Waals surface area contributed by atoms with E-state index in [4.69, 9.17) is 0 Å². The molecule has 0 aromatic heterocycles. The van der Waals surface area contributed by atoms with Crippen molar-refractivity contribution in [2.75, 3.05) is 11.9 Å². The van der Waals surface area contributed by atoms with Crippen molar-refractivity contribution in [2.24, 2.45) is 5.10 Å². The molecule has 5 nitrogen and oxygen atoms in total. The van der Waals surface area contributed by atoms with Crippen LogP contribution in [0.3, 0.4) is 0 Å². The Bertz CT molecular complexity index is 844. The zero-order chi connectivity index (χ0) is 18.5. The number of hydrogen-bond donors (Lipinski definition) is 1. The second kappa shape index (κ2) is 7.95. The van der Waals surface area contributed by atoms with Crippen molar-refractivity contribution in [1.29, 1.82) is 0 Å². The number of hydrazone groups is 1. The summed E-state index contributed by atoms with van der Waals surface area (Å²) in [4.78, 5) is 24.5. The number of benzene rings is 2. The van der Waals surface area contributed by atoms with Crippen LogP contribution in [0.15, 0.2) is 53.6 Å². The molecule has 0 aliphatic carbocycles. The van der Waals surface area contributed by atoms with Crippen LogP contribution in [-0.4, -0.2) is 29.1 Å². The largest absolute Gasteiger partial charge is 0.326 e. The zero-order valence-corrected chi connectivity index (χ0v) is 15.2. The van der Waals surface area contributed by atoms with Crippen molar-refractivity contribution in [1.82, 2.24) is 5.01 Å².